The summed E-state index contributed by atoms with van der Waals surface area (Å²) < 4.78 is 5.46. The van der Waals surface area contributed by atoms with E-state index in [4.69, 9.17) is 4.42 Å². The van der Waals surface area contributed by atoms with E-state index in [9.17, 15) is 4.79 Å². The number of rotatable bonds is 7. The van der Waals surface area contributed by atoms with Crippen LogP contribution < -0.4 is 5.32 Å². The average Bonchev–Trinajstić information content (AvgIpc) is 3.22. The fourth-order valence-electron chi connectivity index (χ4n) is 3.91. The second-order valence-corrected chi connectivity index (χ2v) is 8.17. The molecule has 2 saturated carbocycles. The summed E-state index contributed by atoms with van der Waals surface area (Å²) in [5.74, 6) is 4.14. The summed E-state index contributed by atoms with van der Waals surface area (Å²) in [7, 11) is 0. The van der Waals surface area contributed by atoms with Crippen LogP contribution >= 0.6 is 23.5 Å². The first-order valence-electron chi connectivity index (χ1n) is 7.89. The monoisotopic (exact) mass is 341 g/mol. The minimum absolute atomic E-state index is 0.0601. The van der Waals surface area contributed by atoms with E-state index >= 15 is 0 Å². The highest BCUT2D eigenvalue weighted by molar-refractivity contribution is 7.99. The lowest BCUT2D eigenvalue weighted by molar-refractivity contribution is -0.119. The number of carbonyl (C=O) groups excluding carboxylic acids is 1. The number of nitrogens with zero attached hydrogens (tertiary/aromatic N) is 2. The normalized spacial score (nSPS) is 28.0. The highest BCUT2D eigenvalue weighted by Crippen LogP contribution is 2.49. The van der Waals surface area contributed by atoms with Crippen LogP contribution in [0.25, 0.3) is 0 Å². The number of thioether (sulfide) groups is 2. The van der Waals surface area contributed by atoms with Crippen LogP contribution in [0, 0.1) is 17.8 Å². The molecule has 1 aromatic rings. The molecule has 2 bridgehead atoms. The Hall–Kier alpha value is -0.690. The van der Waals surface area contributed by atoms with Crippen molar-refractivity contribution in [1.82, 2.24) is 15.5 Å². The number of carbonyl (C=O) groups is 1. The lowest BCUT2D eigenvalue weighted by atomic mass is 9.84. The third-order valence-electron chi connectivity index (χ3n) is 4.87. The van der Waals surface area contributed by atoms with E-state index in [0.717, 1.165) is 11.8 Å². The summed E-state index contributed by atoms with van der Waals surface area (Å²) in [6.07, 6.45) is 7.40. The molecule has 0 saturated heterocycles. The van der Waals surface area contributed by atoms with Crippen LogP contribution in [0.1, 0.15) is 38.5 Å². The quantitative estimate of drug-likeness (QED) is 0.769. The van der Waals surface area contributed by atoms with Gasteiger partial charge in [0, 0.05) is 6.04 Å². The van der Waals surface area contributed by atoms with Crippen molar-refractivity contribution in [2.24, 2.45) is 17.8 Å². The summed E-state index contributed by atoms with van der Waals surface area (Å²) in [6, 6.07) is 0.276. The molecule has 4 atom stereocenters. The van der Waals surface area contributed by atoms with Gasteiger partial charge in [0.15, 0.2) is 0 Å². The van der Waals surface area contributed by atoms with Crippen LogP contribution in [-0.2, 0) is 10.5 Å². The predicted molar refractivity (Wildman–Crippen MR) is 88.8 cm³/mol. The second kappa shape index (κ2) is 7.25. The molecule has 2 fully saturated rings. The van der Waals surface area contributed by atoms with Crippen LogP contribution in [0.15, 0.2) is 9.64 Å². The number of hydrogen-bond acceptors (Lipinski definition) is 6. The Morgan fingerprint density at radius 2 is 2.27 bits per heavy atom. The Morgan fingerprint density at radius 1 is 1.41 bits per heavy atom. The van der Waals surface area contributed by atoms with Crippen molar-refractivity contribution in [2.45, 2.75) is 49.6 Å². The zero-order valence-corrected chi connectivity index (χ0v) is 14.7. The Labute approximate surface area is 139 Å². The zero-order chi connectivity index (χ0) is 15.5. The maximum absolute atomic E-state index is 12.1. The number of nitrogens with one attached hydrogen (secondary N) is 1. The van der Waals surface area contributed by atoms with Gasteiger partial charge in [-0.25, -0.2) is 0 Å². The minimum Gasteiger partial charge on any atom is -0.415 e. The second-order valence-electron chi connectivity index (χ2n) is 6.38. The SMILES string of the molecule is CSCc1nnc(SCC(=O)N[C@@H](C)[C@H]2C[C@H]3CC[C@H]2C3)o1. The lowest BCUT2D eigenvalue weighted by Crippen LogP contribution is -2.40. The summed E-state index contributed by atoms with van der Waals surface area (Å²) in [5, 5.41) is 11.5. The number of fused-ring (bicyclic) bond motifs is 2. The summed E-state index contributed by atoms with van der Waals surface area (Å²) in [6.45, 7) is 2.15. The Kier molecular flexibility index (Phi) is 5.33. The van der Waals surface area contributed by atoms with Gasteiger partial charge in [0.2, 0.25) is 11.8 Å². The van der Waals surface area contributed by atoms with Crippen LogP contribution in [-0.4, -0.2) is 34.2 Å². The van der Waals surface area contributed by atoms with E-state index < -0.39 is 0 Å². The smallest absolute Gasteiger partial charge is 0.277 e. The molecule has 2 aliphatic rings. The van der Waals surface area contributed by atoms with Gasteiger partial charge in [-0.3, -0.25) is 4.79 Å². The fourth-order valence-corrected chi connectivity index (χ4v) is 4.87. The standard InChI is InChI=1S/C15H23N3O2S2/c1-9(12-6-10-3-4-11(12)5-10)16-13(19)7-22-15-18-17-14(20-15)8-21-2/h9-12H,3-8H2,1-2H3,(H,16,19)/t9-,10-,11-,12+/m0/s1. The Bertz CT molecular complexity index is 523. The van der Waals surface area contributed by atoms with Gasteiger partial charge in [-0.2, -0.15) is 11.8 Å². The molecule has 1 heterocycles. The van der Waals surface area contributed by atoms with E-state index in [1.165, 1.54) is 37.4 Å². The lowest BCUT2D eigenvalue weighted by Gasteiger charge is -2.28. The molecule has 122 valence electrons. The molecule has 0 aliphatic heterocycles. The van der Waals surface area contributed by atoms with E-state index in [-0.39, 0.29) is 11.9 Å². The molecule has 1 amide bonds. The number of aromatic nitrogens is 2. The first-order valence-corrected chi connectivity index (χ1v) is 10.3. The summed E-state index contributed by atoms with van der Waals surface area (Å²) in [5.41, 5.74) is 0. The van der Waals surface area contributed by atoms with Crippen molar-refractivity contribution >= 4 is 29.4 Å². The van der Waals surface area contributed by atoms with Gasteiger partial charge in [0.1, 0.15) is 0 Å². The van der Waals surface area contributed by atoms with E-state index in [0.29, 0.717) is 28.5 Å². The maximum atomic E-state index is 12.1. The van der Waals surface area contributed by atoms with Crippen molar-refractivity contribution < 1.29 is 9.21 Å². The molecule has 0 radical (unpaired) electrons. The third kappa shape index (κ3) is 3.79. The van der Waals surface area contributed by atoms with Crippen molar-refractivity contribution in [1.29, 1.82) is 0 Å². The van der Waals surface area contributed by atoms with Gasteiger partial charge in [0.05, 0.1) is 11.5 Å². The number of amides is 1. The molecule has 2 aliphatic carbocycles. The largest absolute Gasteiger partial charge is 0.415 e. The van der Waals surface area contributed by atoms with Gasteiger partial charge in [0.25, 0.3) is 5.22 Å². The zero-order valence-electron chi connectivity index (χ0n) is 13.1. The molecule has 22 heavy (non-hydrogen) atoms. The number of hydrogen-bond donors (Lipinski definition) is 1. The Morgan fingerprint density at radius 3 is 2.95 bits per heavy atom. The van der Waals surface area contributed by atoms with Gasteiger partial charge >= 0.3 is 0 Å². The van der Waals surface area contributed by atoms with Gasteiger partial charge in [-0.05, 0) is 50.2 Å². The molecular formula is C15H23N3O2S2. The predicted octanol–water partition coefficient (Wildman–Crippen LogP) is 2.97. The van der Waals surface area contributed by atoms with Crippen LogP contribution in [0.5, 0.6) is 0 Å². The fraction of sp³-hybridized carbons (Fsp3) is 0.800. The van der Waals surface area contributed by atoms with Crippen molar-refractivity contribution in [3.63, 3.8) is 0 Å². The van der Waals surface area contributed by atoms with E-state index in [1.807, 2.05) is 6.26 Å². The van der Waals surface area contributed by atoms with Gasteiger partial charge in [-0.15, -0.1) is 10.2 Å². The first kappa shape index (κ1) is 16.2. The molecule has 3 rings (SSSR count). The molecule has 0 spiro atoms. The van der Waals surface area contributed by atoms with E-state index in [2.05, 4.69) is 22.4 Å². The van der Waals surface area contributed by atoms with Crippen LogP contribution in [0.2, 0.25) is 0 Å². The van der Waals surface area contributed by atoms with Crippen molar-refractivity contribution in [3.05, 3.63) is 5.89 Å². The first-order chi connectivity index (χ1) is 10.7. The van der Waals surface area contributed by atoms with Crippen molar-refractivity contribution in [3.8, 4) is 0 Å². The molecule has 1 N–H and O–H groups in total. The molecule has 7 heteroatoms. The van der Waals surface area contributed by atoms with E-state index in [1.54, 1.807) is 11.8 Å². The summed E-state index contributed by atoms with van der Waals surface area (Å²) in [4.78, 5) is 12.1. The minimum atomic E-state index is 0.0601. The van der Waals surface area contributed by atoms with Gasteiger partial charge < -0.3 is 9.73 Å². The van der Waals surface area contributed by atoms with Crippen LogP contribution in [0.4, 0.5) is 0 Å². The molecule has 0 aromatic carbocycles. The van der Waals surface area contributed by atoms with Gasteiger partial charge in [-0.1, -0.05) is 18.2 Å². The molecule has 0 unspecified atom stereocenters. The molecule has 1 aromatic heterocycles. The maximum Gasteiger partial charge on any atom is 0.277 e. The molecule has 5 nitrogen and oxygen atoms in total. The highest BCUT2D eigenvalue weighted by atomic mass is 32.2. The highest BCUT2D eigenvalue weighted by Gasteiger charge is 2.42. The summed E-state index contributed by atoms with van der Waals surface area (Å²) >= 11 is 2.95. The van der Waals surface area contributed by atoms with Crippen LogP contribution in [0.3, 0.4) is 0 Å². The average molecular weight is 342 g/mol. The third-order valence-corrected chi connectivity index (χ3v) is 6.22. The van der Waals surface area contributed by atoms with Crippen molar-refractivity contribution in [2.75, 3.05) is 12.0 Å². The Balaban J connectivity index is 1.42. The molecular weight excluding hydrogens is 318 g/mol. The topological polar surface area (TPSA) is 68.0 Å².